The second-order valence-electron chi connectivity index (χ2n) is 4.99. The van der Waals surface area contributed by atoms with Crippen LogP contribution in [0, 0.1) is 0 Å². The molecule has 0 saturated carbocycles. The van der Waals surface area contributed by atoms with E-state index in [1.807, 2.05) is 12.1 Å². The lowest BCUT2D eigenvalue weighted by Crippen LogP contribution is -2.19. The fourth-order valence-electron chi connectivity index (χ4n) is 2.36. The fourth-order valence-corrected chi connectivity index (χ4v) is 2.36. The van der Waals surface area contributed by atoms with E-state index in [9.17, 15) is 4.79 Å². The Bertz CT molecular complexity index is 648. The Hall–Kier alpha value is -2.30. The number of carbonyl (C=O) groups is 1. The van der Waals surface area contributed by atoms with Gasteiger partial charge in [0.15, 0.2) is 5.76 Å². The van der Waals surface area contributed by atoms with Crippen molar-refractivity contribution < 1.29 is 14.1 Å². The largest absolute Gasteiger partial charge is 0.490 e. The van der Waals surface area contributed by atoms with Crippen LogP contribution in [0.4, 0.5) is 0 Å². The molecule has 0 saturated heterocycles. The molecular weight excluding hydrogens is 256 g/mol. The molecule has 1 aromatic carbocycles. The van der Waals surface area contributed by atoms with E-state index >= 15 is 0 Å². The lowest BCUT2D eigenvalue weighted by molar-refractivity contribution is -0.120. The number of hydrogen-bond donors (Lipinski definition) is 1. The third-order valence-corrected chi connectivity index (χ3v) is 3.36. The van der Waals surface area contributed by atoms with Gasteiger partial charge in [0.25, 0.3) is 0 Å². The highest BCUT2D eigenvalue weighted by molar-refractivity contribution is 5.78. The number of aromatic nitrogens is 1. The highest BCUT2D eigenvalue weighted by Gasteiger charge is 2.20. The monoisotopic (exact) mass is 272 g/mol. The molecule has 1 atom stereocenters. The van der Waals surface area contributed by atoms with E-state index < -0.39 is 0 Å². The van der Waals surface area contributed by atoms with Gasteiger partial charge in [-0.25, -0.2) is 0 Å². The number of fused-ring (bicyclic) bond motifs is 1. The van der Waals surface area contributed by atoms with Crippen LogP contribution in [0.1, 0.15) is 18.2 Å². The summed E-state index contributed by atoms with van der Waals surface area (Å²) in [6, 6.07) is 7.76. The maximum atomic E-state index is 11.3. The summed E-state index contributed by atoms with van der Waals surface area (Å²) in [5.41, 5.74) is 2.76. The number of carbonyl (C=O) groups excluding carboxylic acids is 1. The summed E-state index contributed by atoms with van der Waals surface area (Å²) in [5.74, 6) is 1.53. The quantitative estimate of drug-likeness (QED) is 0.927. The van der Waals surface area contributed by atoms with Crippen LogP contribution < -0.4 is 10.1 Å². The Morgan fingerprint density at radius 1 is 1.45 bits per heavy atom. The fraction of sp³-hybridized carbons (Fsp3) is 0.333. The predicted octanol–water partition coefficient (Wildman–Crippen LogP) is 1.95. The molecule has 1 amide bonds. The molecule has 1 N–H and O–H groups in total. The smallest absolute Gasteiger partial charge is 0.225 e. The highest BCUT2D eigenvalue weighted by Crippen LogP contribution is 2.33. The van der Waals surface area contributed by atoms with Crippen molar-refractivity contribution in [3.8, 4) is 17.1 Å². The van der Waals surface area contributed by atoms with Gasteiger partial charge in [-0.3, -0.25) is 4.79 Å². The lowest BCUT2D eigenvalue weighted by atomic mass is 10.1. The van der Waals surface area contributed by atoms with Crippen LogP contribution in [0.15, 0.2) is 28.8 Å². The molecule has 3 rings (SSSR count). The van der Waals surface area contributed by atoms with Gasteiger partial charge < -0.3 is 14.6 Å². The topological polar surface area (TPSA) is 64.4 Å². The SMILES string of the molecule is CNC(=O)Cc1cc(-c2ccc3c(c2)CC(C)O3)on1. The summed E-state index contributed by atoms with van der Waals surface area (Å²) >= 11 is 0. The van der Waals surface area contributed by atoms with Gasteiger partial charge in [0.05, 0.1) is 12.1 Å². The maximum absolute atomic E-state index is 11.3. The molecule has 1 aliphatic rings. The van der Waals surface area contributed by atoms with E-state index in [4.69, 9.17) is 9.26 Å². The normalized spacial score (nSPS) is 16.6. The first-order chi connectivity index (χ1) is 9.65. The van der Waals surface area contributed by atoms with Crippen molar-refractivity contribution in [2.75, 3.05) is 7.05 Å². The minimum Gasteiger partial charge on any atom is -0.490 e. The van der Waals surface area contributed by atoms with Crippen molar-refractivity contribution in [1.82, 2.24) is 10.5 Å². The zero-order chi connectivity index (χ0) is 14.1. The van der Waals surface area contributed by atoms with Gasteiger partial charge in [0, 0.05) is 25.1 Å². The lowest BCUT2D eigenvalue weighted by Gasteiger charge is -2.02. The van der Waals surface area contributed by atoms with E-state index in [1.165, 1.54) is 5.56 Å². The number of likely N-dealkylation sites (N-methyl/N-ethyl adjacent to an activating group) is 1. The number of benzene rings is 1. The van der Waals surface area contributed by atoms with E-state index in [-0.39, 0.29) is 18.4 Å². The van der Waals surface area contributed by atoms with Crippen LogP contribution >= 0.6 is 0 Å². The van der Waals surface area contributed by atoms with Crippen LogP contribution in [0.5, 0.6) is 5.75 Å². The first kappa shape index (κ1) is 12.7. The molecule has 104 valence electrons. The number of ether oxygens (including phenoxy) is 1. The van der Waals surface area contributed by atoms with Gasteiger partial charge in [-0.2, -0.15) is 0 Å². The Morgan fingerprint density at radius 3 is 3.10 bits per heavy atom. The van der Waals surface area contributed by atoms with Gasteiger partial charge in [0.2, 0.25) is 5.91 Å². The average molecular weight is 272 g/mol. The van der Waals surface area contributed by atoms with Gasteiger partial charge in [-0.1, -0.05) is 5.16 Å². The molecule has 2 aromatic rings. The van der Waals surface area contributed by atoms with Crippen molar-refractivity contribution in [2.45, 2.75) is 25.9 Å². The summed E-state index contributed by atoms with van der Waals surface area (Å²) in [5, 5.41) is 6.49. The second kappa shape index (κ2) is 5.00. The second-order valence-corrected chi connectivity index (χ2v) is 4.99. The number of nitrogens with one attached hydrogen (secondary N) is 1. The van der Waals surface area contributed by atoms with Crippen LogP contribution in [0.3, 0.4) is 0 Å². The minimum atomic E-state index is -0.0824. The molecule has 0 spiro atoms. The standard InChI is InChI=1S/C15H16N2O3/c1-9-5-11-6-10(3-4-13(11)19-9)14-7-12(17-20-14)8-15(18)16-2/h3-4,6-7,9H,5,8H2,1-2H3,(H,16,18). The minimum absolute atomic E-state index is 0.0824. The summed E-state index contributed by atoms with van der Waals surface area (Å²) in [4.78, 5) is 11.3. The van der Waals surface area contributed by atoms with Crippen molar-refractivity contribution >= 4 is 5.91 Å². The van der Waals surface area contributed by atoms with E-state index in [2.05, 4.69) is 23.5 Å². The van der Waals surface area contributed by atoms with Crippen molar-refractivity contribution in [1.29, 1.82) is 0 Å². The van der Waals surface area contributed by atoms with E-state index in [0.717, 1.165) is 17.7 Å². The molecule has 2 heterocycles. The first-order valence-electron chi connectivity index (χ1n) is 6.62. The summed E-state index contributed by atoms with van der Waals surface area (Å²) in [6.45, 7) is 2.05. The van der Waals surface area contributed by atoms with Crippen LogP contribution in [-0.2, 0) is 17.6 Å². The zero-order valence-electron chi connectivity index (χ0n) is 11.5. The van der Waals surface area contributed by atoms with Crippen molar-refractivity contribution in [2.24, 2.45) is 0 Å². The van der Waals surface area contributed by atoms with E-state index in [1.54, 1.807) is 13.1 Å². The molecule has 5 heteroatoms. The van der Waals surface area contributed by atoms with Crippen molar-refractivity contribution in [3.63, 3.8) is 0 Å². The molecule has 20 heavy (non-hydrogen) atoms. The predicted molar refractivity (Wildman–Crippen MR) is 73.5 cm³/mol. The highest BCUT2D eigenvalue weighted by atomic mass is 16.5. The molecule has 5 nitrogen and oxygen atoms in total. The Labute approximate surface area is 116 Å². The van der Waals surface area contributed by atoms with Crippen molar-refractivity contribution in [3.05, 3.63) is 35.5 Å². The van der Waals surface area contributed by atoms with Gasteiger partial charge in [-0.05, 0) is 30.7 Å². The Kier molecular flexibility index (Phi) is 3.18. The van der Waals surface area contributed by atoms with Gasteiger partial charge >= 0.3 is 0 Å². The summed E-state index contributed by atoms with van der Waals surface area (Å²) in [6.07, 6.45) is 1.35. The van der Waals surface area contributed by atoms with Crippen LogP contribution in [-0.4, -0.2) is 24.2 Å². The molecule has 0 bridgehead atoms. The first-order valence-corrected chi connectivity index (χ1v) is 6.62. The molecule has 0 aliphatic carbocycles. The number of hydrogen-bond acceptors (Lipinski definition) is 4. The molecule has 0 fully saturated rings. The third-order valence-electron chi connectivity index (χ3n) is 3.36. The number of nitrogens with zero attached hydrogens (tertiary/aromatic N) is 1. The number of rotatable bonds is 3. The van der Waals surface area contributed by atoms with Crippen LogP contribution in [0.25, 0.3) is 11.3 Å². The molecule has 0 radical (unpaired) electrons. The van der Waals surface area contributed by atoms with E-state index in [0.29, 0.717) is 11.5 Å². The van der Waals surface area contributed by atoms with Gasteiger partial charge in [-0.15, -0.1) is 0 Å². The molecule has 1 unspecified atom stereocenters. The maximum Gasteiger partial charge on any atom is 0.225 e. The molecule has 1 aromatic heterocycles. The summed E-state index contributed by atoms with van der Waals surface area (Å²) in [7, 11) is 1.60. The average Bonchev–Trinajstić information content (AvgIpc) is 3.02. The zero-order valence-corrected chi connectivity index (χ0v) is 11.5. The summed E-state index contributed by atoms with van der Waals surface area (Å²) < 4.78 is 11.0. The Balaban J connectivity index is 1.83. The molecule has 1 aliphatic heterocycles. The number of amides is 1. The molecular formula is C15H16N2O3. The van der Waals surface area contributed by atoms with Crippen LogP contribution in [0.2, 0.25) is 0 Å². The Morgan fingerprint density at radius 2 is 2.30 bits per heavy atom. The third kappa shape index (κ3) is 2.39. The van der Waals surface area contributed by atoms with Gasteiger partial charge in [0.1, 0.15) is 11.9 Å².